The zero-order chi connectivity index (χ0) is 13.4. The van der Waals surface area contributed by atoms with Gasteiger partial charge >= 0.3 is 0 Å². The van der Waals surface area contributed by atoms with Crippen LogP contribution in [0.3, 0.4) is 0 Å². The highest BCUT2D eigenvalue weighted by Gasteiger charge is 2.21. The van der Waals surface area contributed by atoms with Crippen molar-refractivity contribution in [1.29, 1.82) is 0 Å². The van der Waals surface area contributed by atoms with E-state index in [2.05, 4.69) is 4.98 Å². The smallest absolute Gasteiger partial charge is 0.201 e. The quantitative estimate of drug-likeness (QED) is 0.666. The molecule has 0 aliphatic rings. The summed E-state index contributed by atoms with van der Waals surface area (Å²) >= 11 is 17.0. The minimum absolute atomic E-state index is 0.0650. The van der Waals surface area contributed by atoms with Gasteiger partial charge in [-0.3, -0.25) is 0 Å². The summed E-state index contributed by atoms with van der Waals surface area (Å²) < 4.78 is 39.9. The van der Waals surface area contributed by atoms with Crippen LogP contribution in [0.2, 0.25) is 15.1 Å². The van der Waals surface area contributed by atoms with E-state index in [0.29, 0.717) is 0 Å². The summed E-state index contributed by atoms with van der Waals surface area (Å²) in [4.78, 5) is 2.70. The van der Waals surface area contributed by atoms with E-state index in [-0.39, 0.29) is 15.6 Å². The van der Waals surface area contributed by atoms with Crippen LogP contribution in [0.25, 0.3) is 11.1 Å². The Hall–Kier alpha value is -0.970. The number of pyridine rings is 1. The van der Waals surface area contributed by atoms with Crippen LogP contribution in [0.1, 0.15) is 0 Å². The molecule has 0 fully saturated rings. The molecule has 0 N–H and O–H groups in total. The number of benzene rings is 1. The highest BCUT2D eigenvalue weighted by molar-refractivity contribution is 6.36. The lowest BCUT2D eigenvalue weighted by Gasteiger charge is -2.08. The first-order chi connectivity index (χ1) is 8.40. The topological polar surface area (TPSA) is 12.9 Å². The molecule has 1 aromatic carbocycles. The molecule has 1 aromatic heterocycles. The number of hydrogen-bond donors (Lipinski definition) is 0. The van der Waals surface area contributed by atoms with Crippen molar-refractivity contribution >= 4 is 34.8 Å². The predicted molar refractivity (Wildman–Crippen MR) is 64.6 cm³/mol. The summed E-state index contributed by atoms with van der Waals surface area (Å²) in [6.45, 7) is 0. The van der Waals surface area contributed by atoms with Crippen LogP contribution in [0, 0.1) is 17.7 Å². The number of hydrogen-bond acceptors (Lipinski definition) is 1. The highest BCUT2D eigenvalue weighted by atomic mass is 35.5. The third kappa shape index (κ3) is 2.41. The van der Waals surface area contributed by atoms with Crippen LogP contribution in [-0.4, -0.2) is 4.98 Å². The van der Waals surface area contributed by atoms with Gasteiger partial charge in [-0.2, -0.15) is 13.8 Å². The van der Waals surface area contributed by atoms with Crippen molar-refractivity contribution in [3.8, 4) is 11.1 Å². The SMILES string of the molecule is Fc1nc(F)c(Cl)c(-c2cc(Cl)cc(Cl)c2)c1F. The van der Waals surface area contributed by atoms with Crippen molar-refractivity contribution < 1.29 is 13.2 Å². The summed E-state index contributed by atoms with van der Waals surface area (Å²) in [5, 5.41) is -0.261. The van der Waals surface area contributed by atoms with Gasteiger partial charge in [-0.1, -0.05) is 34.8 Å². The van der Waals surface area contributed by atoms with Crippen molar-refractivity contribution in [1.82, 2.24) is 4.98 Å². The van der Waals surface area contributed by atoms with Gasteiger partial charge in [0.15, 0.2) is 5.82 Å². The lowest BCUT2D eigenvalue weighted by atomic mass is 10.1. The van der Waals surface area contributed by atoms with E-state index in [4.69, 9.17) is 34.8 Å². The molecule has 0 atom stereocenters. The fourth-order valence-corrected chi connectivity index (χ4v) is 2.20. The van der Waals surface area contributed by atoms with Crippen LogP contribution in [0.5, 0.6) is 0 Å². The Labute approximate surface area is 115 Å². The van der Waals surface area contributed by atoms with Gasteiger partial charge in [-0.15, -0.1) is 0 Å². The minimum Gasteiger partial charge on any atom is -0.201 e. The molecule has 0 unspecified atom stereocenters. The predicted octanol–water partition coefficient (Wildman–Crippen LogP) is 5.13. The first kappa shape index (κ1) is 13.5. The number of aromatic nitrogens is 1. The Morgan fingerprint density at radius 3 is 1.94 bits per heavy atom. The van der Waals surface area contributed by atoms with E-state index in [9.17, 15) is 13.2 Å². The maximum Gasteiger partial charge on any atom is 0.252 e. The summed E-state index contributed by atoms with van der Waals surface area (Å²) in [5.41, 5.74) is -0.402. The molecule has 0 bridgehead atoms. The summed E-state index contributed by atoms with van der Waals surface area (Å²) in [7, 11) is 0. The van der Waals surface area contributed by atoms with Gasteiger partial charge < -0.3 is 0 Å². The van der Waals surface area contributed by atoms with Crippen LogP contribution < -0.4 is 0 Å². The van der Waals surface area contributed by atoms with Crippen LogP contribution in [0.4, 0.5) is 13.2 Å². The molecule has 0 amide bonds. The molecular weight excluding hydrogens is 309 g/mol. The molecule has 7 heteroatoms. The van der Waals surface area contributed by atoms with Gasteiger partial charge in [0.2, 0.25) is 5.95 Å². The van der Waals surface area contributed by atoms with Gasteiger partial charge in [0.1, 0.15) is 5.02 Å². The Morgan fingerprint density at radius 1 is 0.833 bits per heavy atom. The molecule has 1 heterocycles. The lowest BCUT2D eigenvalue weighted by molar-refractivity contribution is 0.450. The number of rotatable bonds is 1. The van der Waals surface area contributed by atoms with Gasteiger partial charge in [0.05, 0.1) is 0 Å². The monoisotopic (exact) mass is 311 g/mol. The zero-order valence-electron chi connectivity index (χ0n) is 8.45. The lowest BCUT2D eigenvalue weighted by Crippen LogP contribution is -1.99. The summed E-state index contributed by atoms with van der Waals surface area (Å²) in [5.74, 6) is -4.25. The maximum absolute atomic E-state index is 13.6. The molecule has 0 spiro atoms. The molecule has 1 nitrogen and oxygen atoms in total. The van der Waals surface area contributed by atoms with Crippen LogP contribution in [0.15, 0.2) is 18.2 Å². The third-order valence-electron chi connectivity index (χ3n) is 2.15. The average molecular weight is 313 g/mol. The van der Waals surface area contributed by atoms with Gasteiger partial charge in [-0.05, 0) is 23.8 Å². The molecular formula is C11H3Cl3F3N. The van der Waals surface area contributed by atoms with Crippen molar-refractivity contribution in [2.75, 3.05) is 0 Å². The largest absolute Gasteiger partial charge is 0.252 e. The van der Waals surface area contributed by atoms with Crippen molar-refractivity contribution in [2.45, 2.75) is 0 Å². The normalized spacial score (nSPS) is 10.8. The van der Waals surface area contributed by atoms with Crippen molar-refractivity contribution in [2.24, 2.45) is 0 Å². The average Bonchev–Trinajstić information content (AvgIpc) is 2.25. The molecule has 0 aliphatic carbocycles. The van der Waals surface area contributed by atoms with E-state index >= 15 is 0 Å². The standard InChI is InChI=1S/C11H3Cl3F3N/c12-5-1-4(2-6(13)3-5)7-8(14)10(16)18-11(17)9(7)15/h1-3H. The molecule has 2 rings (SSSR count). The molecule has 94 valence electrons. The van der Waals surface area contributed by atoms with Gasteiger partial charge in [0, 0.05) is 15.6 Å². The Kier molecular flexibility index (Phi) is 3.71. The summed E-state index contributed by atoms with van der Waals surface area (Å²) in [6.07, 6.45) is 0. The molecule has 18 heavy (non-hydrogen) atoms. The van der Waals surface area contributed by atoms with E-state index in [1.807, 2.05) is 0 Å². The second kappa shape index (κ2) is 4.96. The fraction of sp³-hybridized carbons (Fsp3) is 0. The molecule has 0 radical (unpaired) electrons. The first-order valence-corrected chi connectivity index (χ1v) is 5.70. The molecule has 2 aromatic rings. The van der Waals surface area contributed by atoms with E-state index in [0.717, 1.165) is 0 Å². The third-order valence-corrected chi connectivity index (χ3v) is 2.93. The van der Waals surface area contributed by atoms with Gasteiger partial charge in [-0.25, -0.2) is 4.39 Å². The number of nitrogens with zero attached hydrogens (tertiary/aromatic N) is 1. The van der Waals surface area contributed by atoms with E-state index < -0.39 is 28.3 Å². The first-order valence-electron chi connectivity index (χ1n) is 4.56. The Balaban J connectivity index is 2.78. The molecule has 0 aliphatic heterocycles. The maximum atomic E-state index is 13.6. The fourth-order valence-electron chi connectivity index (χ4n) is 1.44. The van der Waals surface area contributed by atoms with E-state index in [1.165, 1.54) is 18.2 Å². The second-order valence-corrected chi connectivity index (χ2v) is 4.61. The summed E-state index contributed by atoms with van der Waals surface area (Å²) in [6, 6.07) is 3.97. The van der Waals surface area contributed by atoms with Crippen molar-refractivity contribution in [3.63, 3.8) is 0 Å². The Bertz CT molecular complexity index is 585. The van der Waals surface area contributed by atoms with E-state index in [1.54, 1.807) is 0 Å². The number of halogens is 6. The van der Waals surface area contributed by atoms with Crippen LogP contribution >= 0.6 is 34.8 Å². The Morgan fingerprint density at radius 2 is 1.39 bits per heavy atom. The van der Waals surface area contributed by atoms with Gasteiger partial charge in [0.25, 0.3) is 5.95 Å². The zero-order valence-corrected chi connectivity index (χ0v) is 10.7. The molecule has 0 saturated carbocycles. The van der Waals surface area contributed by atoms with Crippen LogP contribution in [-0.2, 0) is 0 Å². The van der Waals surface area contributed by atoms with Crippen molar-refractivity contribution in [3.05, 3.63) is 51.0 Å². The highest BCUT2D eigenvalue weighted by Crippen LogP contribution is 2.35. The minimum atomic E-state index is -1.58. The molecule has 0 saturated heterocycles. The second-order valence-electron chi connectivity index (χ2n) is 3.35.